The molecule has 13 heteroatoms. The van der Waals surface area contributed by atoms with Crippen LogP contribution in [-0.2, 0) is 10.0 Å². The fraction of sp³-hybridized carbons (Fsp3) is 0.0476. The van der Waals surface area contributed by atoms with Crippen molar-refractivity contribution in [2.24, 2.45) is 0 Å². The molecule has 2 aromatic heterocycles. The summed E-state index contributed by atoms with van der Waals surface area (Å²) in [6.45, 7) is 0. The Kier molecular flexibility index (Phi) is 6.45. The molecule has 0 aliphatic rings. The van der Waals surface area contributed by atoms with Crippen LogP contribution in [0, 0.1) is 0 Å². The van der Waals surface area contributed by atoms with E-state index in [9.17, 15) is 23.1 Å². The van der Waals surface area contributed by atoms with Crippen molar-refractivity contribution in [1.82, 2.24) is 9.29 Å². The normalized spacial score (nSPS) is 11.4. The van der Waals surface area contributed by atoms with Gasteiger partial charge in [-0.1, -0.05) is 23.2 Å². The van der Waals surface area contributed by atoms with Crippen molar-refractivity contribution < 1.29 is 23.1 Å². The van der Waals surface area contributed by atoms with Gasteiger partial charge in [0, 0.05) is 17.1 Å². The number of urea groups is 1. The SMILES string of the molecule is COc1ccc2c(O)n(-c3ccc(NC(=O)NS(=O)(=O)c4ccc(Cl)s4)cc3Cl)c(=O)cc2c1. The minimum absolute atomic E-state index is 0.0240. The zero-order valence-electron chi connectivity index (χ0n) is 17.2. The highest BCUT2D eigenvalue weighted by atomic mass is 35.5. The first-order valence-electron chi connectivity index (χ1n) is 9.41. The summed E-state index contributed by atoms with van der Waals surface area (Å²) < 4.78 is 32.7. The number of nitrogens with one attached hydrogen (secondary N) is 2. The third-order valence-electron chi connectivity index (χ3n) is 4.70. The third-order valence-corrected chi connectivity index (χ3v) is 8.05. The van der Waals surface area contributed by atoms with Gasteiger partial charge in [-0.3, -0.25) is 4.79 Å². The Labute approximate surface area is 207 Å². The predicted molar refractivity (Wildman–Crippen MR) is 131 cm³/mol. The number of sulfonamides is 1. The smallest absolute Gasteiger partial charge is 0.333 e. The van der Waals surface area contributed by atoms with Gasteiger partial charge in [-0.05, 0) is 53.9 Å². The van der Waals surface area contributed by atoms with Crippen LogP contribution in [0.1, 0.15) is 0 Å². The molecular formula is C21H15Cl2N3O6S2. The van der Waals surface area contributed by atoms with Gasteiger partial charge in [-0.25, -0.2) is 22.5 Å². The lowest BCUT2D eigenvalue weighted by Crippen LogP contribution is -2.33. The Morgan fingerprint density at radius 2 is 1.85 bits per heavy atom. The molecule has 3 N–H and O–H groups in total. The summed E-state index contributed by atoms with van der Waals surface area (Å²) in [5, 5.41) is 14.0. The summed E-state index contributed by atoms with van der Waals surface area (Å²) in [6.07, 6.45) is 0. The Hall–Kier alpha value is -3.25. The number of hydrogen-bond donors (Lipinski definition) is 3. The standard InChI is InChI=1S/C21H15Cl2N3O6S2/c1-32-13-3-4-14-11(8-13)9-18(27)26(20(14)28)16-5-2-12(10-15(16)22)24-21(29)25-34(30,31)19-7-6-17(23)33-19/h2-10,28H,1H3,(H2,24,25,29). The number of carbonyl (C=O) groups excluding carboxylic acids is 1. The lowest BCUT2D eigenvalue weighted by atomic mass is 10.1. The number of halogens is 2. The molecule has 0 bridgehead atoms. The van der Waals surface area contributed by atoms with E-state index in [1.54, 1.807) is 18.2 Å². The highest BCUT2D eigenvalue weighted by Crippen LogP contribution is 2.32. The molecule has 0 aliphatic carbocycles. The zero-order valence-corrected chi connectivity index (χ0v) is 20.3. The number of ether oxygens (including phenoxy) is 1. The molecule has 4 rings (SSSR count). The van der Waals surface area contributed by atoms with E-state index < -0.39 is 21.6 Å². The number of fused-ring (bicyclic) bond motifs is 1. The van der Waals surface area contributed by atoms with Crippen LogP contribution in [0.4, 0.5) is 10.5 Å². The second kappa shape index (κ2) is 9.18. The number of amides is 2. The van der Waals surface area contributed by atoms with Gasteiger partial charge in [-0.15, -0.1) is 11.3 Å². The van der Waals surface area contributed by atoms with Crippen LogP contribution in [-0.4, -0.2) is 31.2 Å². The van der Waals surface area contributed by atoms with Crippen molar-refractivity contribution in [3.05, 3.63) is 74.3 Å². The lowest BCUT2D eigenvalue weighted by molar-refractivity contribution is 0.256. The molecule has 0 saturated carbocycles. The van der Waals surface area contributed by atoms with E-state index in [1.165, 1.54) is 43.5 Å². The van der Waals surface area contributed by atoms with Crippen molar-refractivity contribution in [3.63, 3.8) is 0 Å². The van der Waals surface area contributed by atoms with Crippen LogP contribution < -0.4 is 20.3 Å². The quantitative estimate of drug-likeness (QED) is 0.340. The number of methoxy groups -OCH3 is 1. The topological polar surface area (TPSA) is 127 Å². The van der Waals surface area contributed by atoms with Gasteiger partial charge < -0.3 is 15.2 Å². The van der Waals surface area contributed by atoms with E-state index >= 15 is 0 Å². The second-order valence-electron chi connectivity index (χ2n) is 6.88. The van der Waals surface area contributed by atoms with Crippen molar-refractivity contribution in [1.29, 1.82) is 0 Å². The number of thiophene rings is 1. The number of benzene rings is 2. The number of aromatic hydroxyl groups is 1. The number of pyridine rings is 1. The van der Waals surface area contributed by atoms with Gasteiger partial charge in [0.15, 0.2) is 0 Å². The van der Waals surface area contributed by atoms with Crippen molar-refractivity contribution in [2.45, 2.75) is 4.21 Å². The molecule has 0 radical (unpaired) electrons. The van der Waals surface area contributed by atoms with Crippen LogP contribution in [0.5, 0.6) is 11.6 Å². The molecule has 0 atom stereocenters. The second-order valence-corrected chi connectivity index (χ2v) is 10.9. The molecule has 0 spiro atoms. The largest absolute Gasteiger partial charge is 0.497 e. The van der Waals surface area contributed by atoms with Crippen molar-refractivity contribution >= 4 is 67.1 Å². The summed E-state index contributed by atoms with van der Waals surface area (Å²) in [5.74, 6) is 0.200. The molecule has 34 heavy (non-hydrogen) atoms. The van der Waals surface area contributed by atoms with Crippen LogP contribution in [0.25, 0.3) is 16.5 Å². The lowest BCUT2D eigenvalue weighted by Gasteiger charge is -2.14. The number of carbonyl (C=O) groups is 1. The summed E-state index contributed by atoms with van der Waals surface area (Å²) >= 11 is 12.9. The van der Waals surface area contributed by atoms with Crippen LogP contribution >= 0.6 is 34.5 Å². The molecular weight excluding hydrogens is 525 g/mol. The number of rotatable bonds is 5. The monoisotopic (exact) mass is 539 g/mol. The summed E-state index contributed by atoms with van der Waals surface area (Å²) in [5.41, 5.74) is -0.225. The van der Waals surface area contributed by atoms with Crippen molar-refractivity contribution in [3.8, 4) is 17.3 Å². The maximum absolute atomic E-state index is 12.7. The Morgan fingerprint density at radius 3 is 2.50 bits per heavy atom. The van der Waals surface area contributed by atoms with Gasteiger partial charge in [0.25, 0.3) is 15.6 Å². The molecule has 176 valence electrons. The minimum atomic E-state index is -4.11. The van der Waals surface area contributed by atoms with Gasteiger partial charge in [-0.2, -0.15) is 0 Å². The molecule has 4 aromatic rings. The molecule has 0 aliphatic heterocycles. The van der Waals surface area contributed by atoms with E-state index in [2.05, 4.69) is 5.32 Å². The van der Waals surface area contributed by atoms with Gasteiger partial charge in [0.1, 0.15) is 9.96 Å². The summed E-state index contributed by atoms with van der Waals surface area (Å²) in [4.78, 5) is 24.9. The zero-order chi connectivity index (χ0) is 24.6. The Bertz CT molecular complexity index is 1600. The summed E-state index contributed by atoms with van der Waals surface area (Å²) in [6, 6.07) is 12.0. The fourth-order valence-corrected chi connectivity index (χ4v) is 5.84. The molecule has 0 unspecified atom stereocenters. The highest BCUT2D eigenvalue weighted by molar-refractivity contribution is 7.92. The van der Waals surface area contributed by atoms with E-state index in [0.717, 1.165) is 15.9 Å². The van der Waals surface area contributed by atoms with Gasteiger partial charge >= 0.3 is 6.03 Å². The molecule has 2 aromatic carbocycles. The number of anilines is 1. The number of hydrogen-bond acceptors (Lipinski definition) is 7. The molecule has 2 amide bonds. The Morgan fingerprint density at radius 1 is 1.09 bits per heavy atom. The van der Waals surface area contributed by atoms with E-state index in [0.29, 0.717) is 16.5 Å². The number of aromatic nitrogens is 1. The first-order valence-corrected chi connectivity index (χ1v) is 12.5. The molecule has 2 heterocycles. The third kappa shape index (κ3) is 4.68. The Balaban J connectivity index is 1.61. The van der Waals surface area contributed by atoms with Crippen LogP contribution in [0.2, 0.25) is 9.36 Å². The highest BCUT2D eigenvalue weighted by Gasteiger charge is 2.20. The average molecular weight is 540 g/mol. The predicted octanol–water partition coefficient (Wildman–Crippen LogP) is 4.58. The van der Waals surface area contributed by atoms with Gasteiger partial charge in [0.2, 0.25) is 5.88 Å². The molecule has 0 saturated heterocycles. The maximum Gasteiger partial charge on any atom is 0.333 e. The van der Waals surface area contributed by atoms with Gasteiger partial charge in [0.05, 0.1) is 22.2 Å². The molecule has 9 nitrogen and oxygen atoms in total. The first-order chi connectivity index (χ1) is 16.1. The fourth-order valence-electron chi connectivity index (χ4n) is 3.18. The van der Waals surface area contributed by atoms with Crippen LogP contribution in [0.3, 0.4) is 0 Å². The minimum Gasteiger partial charge on any atom is -0.497 e. The van der Waals surface area contributed by atoms with E-state index in [-0.39, 0.29) is 30.8 Å². The first kappa shape index (κ1) is 23.9. The average Bonchev–Trinajstić information content (AvgIpc) is 3.21. The van der Waals surface area contributed by atoms with E-state index in [1.807, 2.05) is 4.72 Å². The number of nitrogens with zero attached hydrogens (tertiary/aromatic N) is 1. The maximum atomic E-state index is 12.7. The van der Waals surface area contributed by atoms with Crippen molar-refractivity contribution in [2.75, 3.05) is 12.4 Å². The molecule has 0 fully saturated rings. The summed E-state index contributed by atoms with van der Waals surface area (Å²) in [7, 11) is -2.61. The van der Waals surface area contributed by atoms with E-state index in [4.69, 9.17) is 27.9 Å². The van der Waals surface area contributed by atoms with Crippen LogP contribution in [0.15, 0.2) is 63.6 Å².